The van der Waals surface area contributed by atoms with Crippen molar-refractivity contribution in [3.8, 4) is 17.6 Å². The van der Waals surface area contributed by atoms with Crippen molar-refractivity contribution in [2.75, 3.05) is 19.5 Å². The standard InChI is InChI=1S/C20H22N2O2/c1-4-16-11-19(23-2)20(24-3)12-17(16)10-15(13-21)14-22-18-8-6-5-7-9-18/h5-9,11-12,14,22H,4,10H2,1-3H3. The molecule has 0 fully saturated rings. The number of anilines is 1. The average Bonchev–Trinajstić information content (AvgIpc) is 2.65. The second kappa shape index (κ2) is 8.64. The van der Waals surface area contributed by atoms with Gasteiger partial charge in [0.15, 0.2) is 11.5 Å². The minimum absolute atomic E-state index is 0.542. The maximum atomic E-state index is 9.44. The Hall–Kier alpha value is -2.93. The molecule has 0 heterocycles. The molecule has 0 saturated carbocycles. The monoisotopic (exact) mass is 322 g/mol. The van der Waals surface area contributed by atoms with Crippen molar-refractivity contribution in [1.82, 2.24) is 0 Å². The zero-order valence-electron chi connectivity index (χ0n) is 14.3. The zero-order chi connectivity index (χ0) is 17.4. The van der Waals surface area contributed by atoms with Gasteiger partial charge in [-0.15, -0.1) is 0 Å². The molecule has 124 valence electrons. The lowest BCUT2D eigenvalue weighted by atomic mass is 9.98. The van der Waals surface area contributed by atoms with Crippen LogP contribution in [0, 0.1) is 11.3 Å². The summed E-state index contributed by atoms with van der Waals surface area (Å²) in [5.74, 6) is 1.39. The summed E-state index contributed by atoms with van der Waals surface area (Å²) in [4.78, 5) is 0. The minimum atomic E-state index is 0.542. The molecule has 0 aromatic heterocycles. The van der Waals surface area contributed by atoms with E-state index in [0.717, 1.165) is 23.2 Å². The number of ether oxygens (including phenoxy) is 2. The fourth-order valence-corrected chi connectivity index (χ4v) is 2.49. The molecule has 0 aliphatic heterocycles. The molecule has 4 heteroatoms. The van der Waals surface area contributed by atoms with E-state index in [1.165, 1.54) is 0 Å². The first-order valence-electron chi connectivity index (χ1n) is 7.86. The first-order chi connectivity index (χ1) is 11.7. The van der Waals surface area contributed by atoms with Crippen LogP contribution < -0.4 is 14.8 Å². The van der Waals surface area contributed by atoms with E-state index in [2.05, 4.69) is 18.3 Å². The number of hydrogen-bond acceptors (Lipinski definition) is 4. The topological polar surface area (TPSA) is 54.3 Å². The van der Waals surface area contributed by atoms with Gasteiger partial charge in [0.1, 0.15) is 0 Å². The van der Waals surface area contributed by atoms with Gasteiger partial charge in [0, 0.05) is 23.9 Å². The number of nitrogens with zero attached hydrogens (tertiary/aromatic N) is 1. The van der Waals surface area contributed by atoms with E-state index in [0.29, 0.717) is 23.5 Å². The first kappa shape index (κ1) is 17.4. The van der Waals surface area contributed by atoms with E-state index in [1.54, 1.807) is 20.4 Å². The van der Waals surface area contributed by atoms with Crippen LogP contribution in [-0.2, 0) is 12.8 Å². The van der Waals surface area contributed by atoms with Crippen molar-refractivity contribution >= 4 is 5.69 Å². The molecule has 0 saturated heterocycles. The van der Waals surface area contributed by atoms with Crippen molar-refractivity contribution in [3.05, 3.63) is 65.4 Å². The second-order valence-corrected chi connectivity index (χ2v) is 5.30. The molecule has 0 aliphatic rings. The van der Waals surface area contributed by atoms with E-state index in [4.69, 9.17) is 9.47 Å². The number of hydrogen-bond donors (Lipinski definition) is 1. The summed E-state index contributed by atoms with van der Waals surface area (Å²) in [6.07, 6.45) is 3.16. The number of aryl methyl sites for hydroxylation is 1. The second-order valence-electron chi connectivity index (χ2n) is 5.30. The summed E-state index contributed by atoms with van der Waals surface area (Å²) < 4.78 is 10.7. The van der Waals surface area contributed by atoms with Gasteiger partial charge in [-0.3, -0.25) is 0 Å². The lowest BCUT2D eigenvalue weighted by Gasteiger charge is -2.14. The lowest BCUT2D eigenvalue weighted by Crippen LogP contribution is -2.00. The van der Waals surface area contributed by atoms with E-state index in [9.17, 15) is 5.26 Å². The molecular formula is C20H22N2O2. The summed E-state index contributed by atoms with van der Waals surface area (Å²) in [5.41, 5.74) is 3.82. The van der Waals surface area contributed by atoms with Crippen molar-refractivity contribution in [2.24, 2.45) is 0 Å². The number of benzene rings is 2. The van der Waals surface area contributed by atoms with Crippen molar-refractivity contribution < 1.29 is 9.47 Å². The van der Waals surface area contributed by atoms with Gasteiger partial charge >= 0.3 is 0 Å². The van der Waals surface area contributed by atoms with Gasteiger partial charge in [-0.1, -0.05) is 25.1 Å². The molecule has 1 N–H and O–H groups in total. The van der Waals surface area contributed by atoms with Crippen LogP contribution in [0.4, 0.5) is 5.69 Å². The Balaban J connectivity index is 2.25. The molecule has 0 aliphatic carbocycles. The summed E-state index contributed by atoms with van der Waals surface area (Å²) in [5, 5.41) is 12.6. The van der Waals surface area contributed by atoms with Crippen LogP contribution in [0.1, 0.15) is 18.1 Å². The Morgan fingerprint density at radius 1 is 1.08 bits per heavy atom. The van der Waals surface area contributed by atoms with E-state index in [1.807, 2.05) is 42.5 Å². The highest BCUT2D eigenvalue weighted by Crippen LogP contribution is 2.31. The normalized spacial score (nSPS) is 10.8. The summed E-state index contributed by atoms with van der Waals surface area (Å²) >= 11 is 0. The summed E-state index contributed by atoms with van der Waals surface area (Å²) in [6.45, 7) is 2.09. The predicted molar refractivity (Wildman–Crippen MR) is 96.4 cm³/mol. The molecule has 0 spiro atoms. The molecule has 2 aromatic rings. The van der Waals surface area contributed by atoms with Gasteiger partial charge in [0.2, 0.25) is 0 Å². The van der Waals surface area contributed by atoms with Crippen molar-refractivity contribution in [1.29, 1.82) is 5.26 Å². The Bertz CT molecular complexity index is 746. The van der Waals surface area contributed by atoms with Gasteiger partial charge in [-0.2, -0.15) is 5.26 Å². The zero-order valence-corrected chi connectivity index (χ0v) is 14.3. The molecule has 0 radical (unpaired) electrons. The largest absolute Gasteiger partial charge is 0.493 e. The number of nitrogens with one attached hydrogen (secondary N) is 1. The molecule has 0 bridgehead atoms. The fraction of sp³-hybridized carbons (Fsp3) is 0.250. The number of nitriles is 1. The molecule has 2 rings (SSSR count). The number of rotatable bonds is 7. The molecule has 0 atom stereocenters. The highest BCUT2D eigenvalue weighted by molar-refractivity contribution is 5.51. The molecule has 0 unspecified atom stereocenters. The minimum Gasteiger partial charge on any atom is -0.493 e. The highest BCUT2D eigenvalue weighted by atomic mass is 16.5. The van der Waals surface area contributed by atoms with Crippen LogP contribution in [0.25, 0.3) is 0 Å². The van der Waals surface area contributed by atoms with Gasteiger partial charge < -0.3 is 14.8 Å². The molecule has 24 heavy (non-hydrogen) atoms. The molecule has 4 nitrogen and oxygen atoms in total. The van der Waals surface area contributed by atoms with Gasteiger partial charge in [-0.25, -0.2) is 0 Å². The third-order valence-electron chi connectivity index (χ3n) is 3.80. The highest BCUT2D eigenvalue weighted by Gasteiger charge is 2.11. The Morgan fingerprint density at radius 3 is 2.25 bits per heavy atom. The summed E-state index contributed by atoms with van der Waals surface area (Å²) in [7, 11) is 3.24. The predicted octanol–water partition coefficient (Wildman–Crippen LogP) is 4.33. The fourth-order valence-electron chi connectivity index (χ4n) is 2.49. The van der Waals surface area contributed by atoms with Crippen LogP contribution in [0.3, 0.4) is 0 Å². The smallest absolute Gasteiger partial charge is 0.161 e. The Kier molecular flexibility index (Phi) is 6.27. The van der Waals surface area contributed by atoms with Gasteiger partial charge in [-0.05, 0) is 41.8 Å². The van der Waals surface area contributed by atoms with Crippen molar-refractivity contribution in [2.45, 2.75) is 19.8 Å². The van der Waals surface area contributed by atoms with Gasteiger partial charge in [0.25, 0.3) is 0 Å². The van der Waals surface area contributed by atoms with E-state index in [-0.39, 0.29) is 0 Å². The maximum absolute atomic E-state index is 9.44. The number of para-hydroxylation sites is 1. The maximum Gasteiger partial charge on any atom is 0.161 e. The average molecular weight is 322 g/mol. The van der Waals surface area contributed by atoms with Crippen LogP contribution in [0.2, 0.25) is 0 Å². The molecule has 2 aromatic carbocycles. The Morgan fingerprint density at radius 2 is 1.71 bits per heavy atom. The van der Waals surface area contributed by atoms with Crippen molar-refractivity contribution in [3.63, 3.8) is 0 Å². The third kappa shape index (κ3) is 4.30. The van der Waals surface area contributed by atoms with E-state index >= 15 is 0 Å². The molecule has 0 amide bonds. The number of allylic oxidation sites excluding steroid dienone is 1. The van der Waals surface area contributed by atoms with E-state index < -0.39 is 0 Å². The summed E-state index contributed by atoms with van der Waals surface area (Å²) in [6, 6.07) is 16.0. The SMILES string of the molecule is CCc1cc(OC)c(OC)cc1CC(C#N)=CNc1ccccc1. The number of methoxy groups -OCH3 is 2. The Labute approximate surface area is 143 Å². The van der Waals surface area contributed by atoms with Crippen LogP contribution in [0.5, 0.6) is 11.5 Å². The lowest BCUT2D eigenvalue weighted by molar-refractivity contribution is 0.354. The first-order valence-corrected chi connectivity index (χ1v) is 7.86. The van der Waals surface area contributed by atoms with Crippen LogP contribution in [0.15, 0.2) is 54.2 Å². The van der Waals surface area contributed by atoms with Crippen LogP contribution in [-0.4, -0.2) is 14.2 Å². The quantitative estimate of drug-likeness (QED) is 0.771. The molecular weight excluding hydrogens is 300 g/mol. The van der Waals surface area contributed by atoms with Gasteiger partial charge in [0.05, 0.1) is 20.3 Å². The third-order valence-corrected chi connectivity index (χ3v) is 3.80. The van der Waals surface area contributed by atoms with Crippen LogP contribution >= 0.6 is 0 Å².